The van der Waals surface area contributed by atoms with Gasteiger partial charge in [0.2, 0.25) is 0 Å². The third-order valence-electron chi connectivity index (χ3n) is 10.5. The standard InChI is InChI=1S/C32H37FN6O5S/c1-3-44-28(40)24-23(35-26(27-34-11-14-45-27)36-25(24)21-5-4-6-22(33)19(21)2)17-37-12-13-38-20(15-37)16-39(30(38)43)32-9-7-31(18-32,8-10-32)29(41)42/h4-6,11,14,20,25H,3,7-10,12-13,15-18H2,1-2H3,(H,35,36)(H,41,42)/t20-,25-,31?,32?/m0/s1. The van der Waals surface area contributed by atoms with Gasteiger partial charge in [0.05, 0.1) is 23.6 Å². The number of nitrogens with one attached hydrogen (secondary N) is 1. The molecular weight excluding hydrogens is 599 g/mol. The van der Waals surface area contributed by atoms with E-state index in [1.165, 1.54) is 17.4 Å². The maximum Gasteiger partial charge on any atom is 0.338 e. The van der Waals surface area contributed by atoms with E-state index in [4.69, 9.17) is 9.73 Å². The number of aromatic nitrogens is 1. The van der Waals surface area contributed by atoms with Crippen molar-refractivity contribution in [2.24, 2.45) is 10.4 Å². The van der Waals surface area contributed by atoms with Crippen molar-refractivity contribution in [1.29, 1.82) is 0 Å². The lowest BCUT2D eigenvalue weighted by Crippen LogP contribution is -2.53. The number of amidine groups is 1. The molecule has 2 saturated heterocycles. The number of hydrogen-bond acceptors (Lipinski definition) is 9. The van der Waals surface area contributed by atoms with E-state index in [9.17, 15) is 23.9 Å². The van der Waals surface area contributed by atoms with Crippen molar-refractivity contribution >= 4 is 35.1 Å². The summed E-state index contributed by atoms with van der Waals surface area (Å²) in [5.74, 6) is -1.13. The molecule has 11 nitrogen and oxygen atoms in total. The molecule has 4 heterocycles. The van der Waals surface area contributed by atoms with Crippen LogP contribution < -0.4 is 5.32 Å². The van der Waals surface area contributed by atoms with Crippen LogP contribution in [0, 0.1) is 18.2 Å². The van der Waals surface area contributed by atoms with Crippen molar-refractivity contribution in [3.8, 4) is 0 Å². The molecule has 0 unspecified atom stereocenters. The number of carboxylic acids is 1. The Kier molecular flexibility index (Phi) is 7.43. The van der Waals surface area contributed by atoms with Crippen LogP contribution in [0.4, 0.5) is 9.18 Å². The predicted molar refractivity (Wildman–Crippen MR) is 164 cm³/mol. The molecule has 2 saturated carbocycles. The summed E-state index contributed by atoms with van der Waals surface area (Å²) in [5, 5.41) is 15.8. The van der Waals surface area contributed by atoms with Crippen LogP contribution in [0.2, 0.25) is 0 Å². The molecule has 4 fully saturated rings. The molecule has 0 radical (unpaired) electrons. The number of urea groups is 1. The number of hydrogen-bond donors (Lipinski definition) is 2. The van der Waals surface area contributed by atoms with Crippen LogP contribution in [0.1, 0.15) is 61.2 Å². The van der Waals surface area contributed by atoms with Crippen LogP contribution in [0.15, 0.2) is 46.0 Å². The summed E-state index contributed by atoms with van der Waals surface area (Å²) >= 11 is 1.42. The molecule has 45 heavy (non-hydrogen) atoms. The molecule has 2 atom stereocenters. The fraction of sp³-hybridized carbons (Fsp3) is 0.531. The van der Waals surface area contributed by atoms with E-state index in [1.807, 2.05) is 15.2 Å². The lowest BCUT2D eigenvalue weighted by atomic mass is 9.84. The van der Waals surface area contributed by atoms with E-state index in [1.54, 1.807) is 32.2 Å². The summed E-state index contributed by atoms with van der Waals surface area (Å²) in [7, 11) is 0. The average Bonchev–Trinajstić information content (AvgIpc) is 3.83. The van der Waals surface area contributed by atoms with E-state index in [0.29, 0.717) is 85.2 Å². The first-order valence-corrected chi connectivity index (χ1v) is 16.5. The number of fused-ring (bicyclic) bond motifs is 3. The maximum absolute atomic E-state index is 14.8. The highest BCUT2D eigenvalue weighted by Crippen LogP contribution is 2.60. The van der Waals surface area contributed by atoms with E-state index < -0.39 is 23.4 Å². The average molecular weight is 637 g/mol. The monoisotopic (exact) mass is 636 g/mol. The molecule has 13 heteroatoms. The fourth-order valence-corrected chi connectivity index (χ4v) is 8.72. The number of rotatable bonds is 8. The molecule has 1 aromatic heterocycles. The Bertz CT molecular complexity index is 1600. The molecule has 1 aromatic carbocycles. The molecule has 5 aliphatic rings. The number of amides is 2. The Morgan fingerprint density at radius 2 is 2.00 bits per heavy atom. The Labute approximate surface area is 264 Å². The SMILES string of the molecule is CCOC(=O)C1=C(CN2CCN3C(=O)N(C45CCC(C(=O)O)(CC4)C5)C[C@@H]3C2)NC(c2nccs2)=N[C@H]1c1cccc(F)c1C. The van der Waals surface area contributed by atoms with Crippen LogP contribution >= 0.6 is 11.3 Å². The third-order valence-corrected chi connectivity index (χ3v) is 11.3. The van der Waals surface area contributed by atoms with Gasteiger partial charge in [-0.1, -0.05) is 12.1 Å². The minimum Gasteiger partial charge on any atom is -0.481 e. The number of carbonyl (C=O) groups excluding carboxylic acids is 2. The first-order chi connectivity index (χ1) is 21.6. The van der Waals surface area contributed by atoms with Crippen molar-refractivity contribution < 1.29 is 28.6 Å². The Morgan fingerprint density at radius 1 is 1.20 bits per heavy atom. The minimum absolute atomic E-state index is 0.00444. The minimum atomic E-state index is -0.793. The summed E-state index contributed by atoms with van der Waals surface area (Å²) in [6, 6.07) is 3.96. The molecule has 2 aliphatic carbocycles. The quantitative estimate of drug-likeness (QED) is 0.420. The van der Waals surface area contributed by atoms with Crippen LogP contribution in [-0.4, -0.2) is 99.5 Å². The van der Waals surface area contributed by atoms with Crippen molar-refractivity contribution in [2.75, 3.05) is 39.3 Å². The highest BCUT2D eigenvalue weighted by molar-refractivity contribution is 7.11. The number of nitrogens with zero attached hydrogens (tertiary/aromatic N) is 5. The Morgan fingerprint density at radius 3 is 2.69 bits per heavy atom. The highest BCUT2D eigenvalue weighted by atomic mass is 32.1. The summed E-state index contributed by atoms with van der Waals surface area (Å²) < 4.78 is 20.3. The van der Waals surface area contributed by atoms with E-state index in [0.717, 1.165) is 12.8 Å². The lowest BCUT2D eigenvalue weighted by molar-refractivity contribution is -0.148. The van der Waals surface area contributed by atoms with Gasteiger partial charge < -0.3 is 25.0 Å². The summed E-state index contributed by atoms with van der Waals surface area (Å²) in [6.45, 7) is 6.25. The molecule has 2 amide bonds. The number of benzene rings is 1. The first kappa shape index (κ1) is 29.8. The van der Waals surface area contributed by atoms with Gasteiger partial charge in [0.1, 0.15) is 11.9 Å². The molecule has 2 bridgehead atoms. The van der Waals surface area contributed by atoms with Gasteiger partial charge in [0.25, 0.3) is 0 Å². The smallest absolute Gasteiger partial charge is 0.338 e. The second-order valence-electron chi connectivity index (χ2n) is 12.9. The topological polar surface area (TPSA) is 128 Å². The van der Waals surface area contributed by atoms with Crippen molar-refractivity contribution in [1.82, 2.24) is 25.0 Å². The normalized spacial score (nSPS) is 29.6. The maximum atomic E-state index is 14.8. The number of carbonyl (C=O) groups is 3. The largest absolute Gasteiger partial charge is 0.481 e. The van der Waals surface area contributed by atoms with Crippen LogP contribution in [0.3, 0.4) is 0 Å². The van der Waals surface area contributed by atoms with Crippen LogP contribution in [0.25, 0.3) is 0 Å². The second-order valence-corrected chi connectivity index (χ2v) is 13.8. The van der Waals surface area contributed by atoms with Gasteiger partial charge in [-0.3, -0.25) is 14.7 Å². The number of aliphatic carboxylic acids is 1. The number of esters is 1. The first-order valence-electron chi connectivity index (χ1n) is 15.6. The zero-order chi connectivity index (χ0) is 31.5. The summed E-state index contributed by atoms with van der Waals surface area (Å²) in [6.07, 6.45) is 4.92. The number of ether oxygens (including phenoxy) is 1. The molecule has 238 valence electrons. The number of carboxylic acid groups (broad SMARTS) is 1. The molecule has 7 rings (SSSR count). The molecule has 3 aliphatic heterocycles. The van der Waals surface area contributed by atoms with Crippen LogP contribution in [-0.2, 0) is 14.3 Å². The van der Waals surface area contributed by atoms with Crippen molar-refractivity contribution in [3.63, 3.8) is 0 Å². The van der Waals surface area contributed by atoms with Gasteiger partial charge in [-0.25, -0.2) is 19.0 Å². The van der Waals surface area contributed by atoms with E-state index in [2.05, 4.69) is 15.2 Å². The zero-order valence-corrected chi connectivity index (χ0v) is 26.2. The van der Waals surface area contributed by atoms with Gasteiger partial charge in [0.15, 0.2) is 10.8 Å². The molecule has 2 N–H and O–H groups in total. The second kappa shape index (κ2) is 11.2. The van der Waals surface area contributed by atoms with Gasteiger partial charge in [-0.05, 0) is 63.1 Å². The third kappa shape index (κ3) is 4.91. The van der Waals surface area contributed by atoms with E-state index in [-0.39, 0.29) is 30.0 Å². The highest BCUT2D eigenvalue weighted by Gasteiger charge is 2.63. The van der Waals surface area contributed by atoms with Crippen LogP contribution in [0.5, 0.6) is 0 Å². The number of aliphatic imine (C=N–C) groups is 1. The summed E-state index contributed by atoms with van der Waals surface area (Å²) in [5.41, 5.74) is 0.864. The Hall–Kier alpha value is -3.84. The van der Waals surface area contributed by atoms with Gasteiger partial charge in [-0.2, -0.15) is 0 Å². The zero-order valence-electron chi connectivity index (χ0n) is 25.4. The number of piperazine rings is 1. The number of halogens is 1. The lowest BCUT2D eigenvalue weighted by Gasteiger charge is -2.38. The van der Waals surface area contributed by atoms with Gasteiger partial charge in [0, 0.05) is 55.5 Å². The molecule has 0 spiro atoms. The van der Waals surface area contributed by atoms with Gasteiger partial charge in [-0.15, -0.1) is 11.3 Å². The Balaban J connectivity index is 1.17. The van der Waals surface area contributed by atoms with E-state index >= 15 is 0 Å². The molecule has 2 aromatic rings. The van der Waals surface area contributed by atoms with Crippen molar-refractivity contribution in [3.05, 3.63) is 63.0 Å². The summed E-state index contributed by atoms with van der Waals surface area (Å²) in [4.78, 5) is 54.8. The van der Waals surface area contributed by atoms with Gasteiger partial charge >= 0.3 is 18.0 Å². The fourth-order valence-electron chi connectivity index (χ4n) is 8.13. The predicted octanol–water partition coefficient (Wildman–Crippen LogP) is 3.71. The molecular formula is C32H37FN6O5S. The number of thiazole rings is 1. The van der Waals surface area contributed by atoms with Crippen molar-refractivity contribution in [2.45, 2.75) is 63.6 Å².